The fraction of sp³-hybridized carbons (Fsp3) is 1.00. The zero-order valence-corrected chi connectivity index (χ0v) is 5.30. The predicted molar refractivity (Wildman–Crippen MR) is 29.7 cm³/mol. The molecule has 0 saturated heterocycles. The van der Waals surface area contributed by atoms with Crippen molar-refractivity contribution in [2.75, 3.05) is 12.4 Å². The molecule has 9 heavy (non-hydrogen) atoms. The van der Waals surface area contributed by atoms with Gasteiger partial charge in [-0.3, -0.25) is 0 Å². The van der Waals surface area contributed by atoms with Crippen LogP contribution in [0.2, 0.25) is 0 Å². The largest absolute Gasteiger partial charge is 0.303 e. The van der Waals surface area contributed by atoms with Crippen LogP contribution in [-0.4, -0.2) is 20.8 Å². The van der Waals surface area contributed by atoms with Gasteiger partial charge in [0.2, 0.25) is 0 Å². The standard InChI is InChI=1S/C2H6N2O4S/c3-8-1-2-9(6,7)4-5/h1-3H2. The normalized spacial score (nSPS) is 11.2. The molecule has 2 N–H and O–H groups in total. The predicted octanol–water partition coefficient (Wildman–Crippen LogP) is -1.03. The van der Waals surface area contributed by atoms with Crippen molar-refractivity contribution in [1.82, 2.24) is 0 Å². The summed E-state index contributed by atoms with van der Waals surface area (Å²) in [6.07, 6.45) is 0. The molecule has 0 atom stereocenters. The molecule has 0 unspecified atom stereocenters. The highest BCUT2D eigenvalue weighted by Gasteiger charge is 2.07. The van der Waals surface area contributed by atoms with Gasteiger partial charge in [0.15, 0.2) is 0 Å². The highest BCUT2D eigenvalue weighted by atomic mass is 32.2. The average Bonchev–Trinajstić information content (AvgIpc) is 1.84. The summed E-state index contributed by atoms with van der Waals surface area (Å²) >= 11 is 0. The minimum Gasteiger partial charge on any atom is -0.303 e. The molecule has 0 saturated carbocycles. The van der Waals surface area contributed by atoms with Gasteiger partial charge in [0, 0.05) is 0 Å². The van der Waals surface area contributed by atoms with Crippen molar-refractivity contribution in [3.05, 3.63) is 4.91 Å². The fourth-order valence-corrected chi connectivity index (χ4v) is 0.572. The maximum absolute atomic E-state index is 10.1. The number of rotatable bonds is 4. The maximum Gasteiger partial charge on any atom is 0.290 e. The monoisotopic (exact) mass is 154 g/mol. The summed E-state index contributed by atoms with van der Waals surface area (Å²) in [5.74, 6) is 4.02. The third-order valence-electron chi connectivity index (χ3n) is 0.573. The number of nitroso groups, excluding NO2 is 1. The lowest BCUT2D eigenvalue weighted by Gasteiger charge is -1.90. The molecule has 0 rings (SSSR count). The molecule has 0 aliphatic heterocycles. The first kappa shape index (κ1) is 8.47. The second-order valence-electron chi connectivity index (χ2n) is 1.23. The summed E-state index contributed by atoms with van der Waals surface area (Å²) < 4.78 is 22.1. The first-order valence-electron chi connectivity index (χ1n) is 2.01. The Hall–Kier alpha value is -0.530. The van der Waals surface area contributed by atoms with E-state index in [1.807, 2.05) is 4.58 Å². The lowest BCUT2D eigenvalue weighted by molar-refractivity contribution is 0.153. The van der Waals surface area contributed by atoms with Crippen LogP contribution in [0.4, 0.5) is 0 Å². The van der Waals surface area contributed by atoms with Gasteiger partial charge in [0.1, 0.15) is 0 Å². The molecule has 7 heteroatoms. The lowest BCUT2D eigenvalue weighted by atomic mass is 10.9. The molecule has 0 aliphatic carbocycles. The van der Waals surface area contributed by atoms with Crippen LogP contribution in [0, 0.1) is 4.91 Å². The van der Waals surface area contributed by atoms with E-state index in [0.717, 1.165) is 0 Å². The van der Waals surface area contributed by atoms with Crippen LogP contribution in [0.5, 0.6) is 0 Å². The molecular weight excluding hydrogens is 148 g/mol. The zero-order chi connectivity index (χ0) is 7.33. The van der Waals surface area contributed by atoms with E-state index in [1.165, 1.54) is 0 Å². The van der Waals surface area contributed by atoms with Crippen LogP contribution in [0.15, 0.2) is 4.58 Å². The van der Waals surface area contributed by atoms with Crippen LogP contribution in [0.3, 0.4) is 0 Å². The van der Waals surface area contributed by atoms with Crippen LogP contribution < -0.4 is 5.90 Å². The maximum atomic E-state index is 10.1. The quantitative estimate of drug-likeness (QED) is 0.412. The summed E-state index contributed by atoms with van der Waals surface area (Å²) in [6.45, 7) is -0.214. The second-order valence-corrected chi connectivity index (χ2v) is 2.95. The molecule has 0 fully saturated rings. The van der Waals surface area contributed by atoms with Crippen LogP contribution in [-0.2, 0) is 14.9 Å². The van der Waals surface area contributed by atoms with Gasteiger partial charge < -0.3 is 4.84 Å². The van der Waals surface area contributed by atoms with Crippen LogP contribution in [0.25, 0.3) is 0 Å². The van der Waals surface area contributed by atoms with Gasteiger partial charge in [-0.1, -0.05) is 0 Å². The summed E-state index contributed by atoms with van der Waals surface area (Å²) in [4.78, 5) is 13.3. The van der Waals surface area contributed by atoms with Gasteiger partial charge in [0.05, 0.1) is 16.9 Å². The van der Waals surface area contributed by atoms with Gasteiger partial charge in [0.25, 0.3) is 10.0 Å². The summed E-state index contributed by atoms with van der Waals surface area (Å²) in [7, 11) is -3.82. The molecule has 0 heterocycles. The molecule has 0 amide bonds. The van der Waals surface area contributed by atoms with Crippen LogP contribution in [0.1, 0.15) is 0 Å². The van der Waals surface area contributed by atoms with Crippen molar-refractivity contribution in [1.29, 1.82) is 0 Å². The minimum atomic E-state index is -3.82. The van der Waals surface area contributed by atoms with Crippen molar-refractivity contribution in [2.24, 2.45) is 10.5 Å². The molecule has 0 spiro atoms. The van der Waals surface area contributed by atoms with E-state index in [2.05, 4.69) is 10.7 Å². The zero-order valence-electron chi connectivity index (χ0n) is 4.48. The Kier molecular flexibility index (Phi) is 3.28. The Bertz CT molecular complexity index is 173. The van der Waals surface area contributed by atoms with Gasteiger partial charge >= 0.3 is 0 Å². The van der Waals surface area contributed by atoms with Gasteiger partial charge in [-0.05, 0) is 0 Å². The Morgan fingerprint density at radius 2 is 2.11 bits per heavy atom. The van der Waals surface area contributed by atoms with Crippen molar-refractivity contribution >= 4 is 10.0 Å². The molecule has 0 aliphatic rings. The van der Waals surface area contributed by atoms with Crippen molar-refractivity contribution < 1.29 is 13.3 Å². The lowest BCUT2D eigenvalue weighted by Crippen LogP contribution is -2.11. The number of nitrogens with zero attached hydrogens (tertiary/aromatic N) is 1. The first-order chi connectivity index (χ1) is 4.12. The fourth-order valence-electron chi connectivity index (χ4n) is 0.191. The van der Waals surface area contributed by atoms with Gasteiger partial charge in [-0.15, -0.1) is 4.91 Å². The van der Waals surface area contributed by atoms with Crippen molar-refractivity contribution in [2.45, 2.75) is 0 Å². The van der Waals surface area contributed by atoms with Crippen molar-refractivity contribution in [3.63, 3.8) is 0 Å². The van der Waals surface area contributed by atoms with E-state index >= 15 is 0 Å². The minimum absolute atomic E-state index is 0.214. The average molecular weight is 154 g/mol. The molecule has 0 bridgehead atoms. The molecule has 0 aromatic carbocycles. The number of nitrogens with two attached hydrogens (primary N) is 1. The molecule has 0 radical (unpaired) electrons. The van der Waals surface area contributed by atoms with Crippen LogP contribution >= 0.6 is 0 Å². The van der Waals surface area contributed by atoms with E-state index in [4.69, 9.17) is 0 Å². The summed E-state index contributed by atoms with van der Waals surface area (Å²) in [5, 5.41) is 0. The number of sulfonamides is 1. The SMILES string of the molecule is NOCCS(=O)(=O)N=O. The highest BCUT2D eigenvalue weighted by molar-refractivity contribution is 7.90. The highest BCUT2D eigenvalue weighted by Crippen LogP contribution is 1.88. The molecule has 0 aromatic rings. The topological polar surface area (TPSA) is 98.8 Å². The van der Waals surface area contributed by atoms with E-state index in [-0.39, 0.29) is 6.61 Å². The first-order valence-corrected chi connectivity index (χ1v) is 3.62. The van der Waals surface area contributed by atoms with Crippen molar-refractivity contribution in [3.8, 4) is 0 Å². The Labute approximate surface area is 52.0 Å². The van der Waals surface area contributed by atoms with Gasteiger partial charge in [-0.25, -0.2) is 14.3 Å². The number of hydrogen-bond donors (Lipinski definition) is 1. The van der Waals surface area contributed by atoms with E-state index < -0.39 is 15.8 Å². The summed E-state index contributed by atoms with van der Waals surface area (Å²) in [5.41, 5.74) is 0. The van der Waals surface area contributed by atoms with E-state index in [1.54, 1.807) is 0 Å². The molecule has 0 aromatic heterocycles. The third-order valence-corrected chi connectivity index (χ3v) is 1.48. The third kappa shape index (κ3) is 4.01. The van der Waals surface area contributed by atoms with E-state index in [9.17, 15) is 13.3 Å². The Morgan fingerprint density at radius 1 is 1.56 bits per heavy atom. The van der Waals surface area contributed by atoms with E-state index in [0.29, 0.717) is 0 Å². The second kappa shape index (κ2) is 3.49. The smallest absolute Gasteiger partial charge is 0.290 e. The molecular formula is C2H6N2O4S. The Balaban J connectivity index is 3.75. The van der Waals surface area contributed by atoms with Gasteiger partial charge in [-0.2, -0.15) is 0 Å². The molecule has 6 nitrogen and oxygen atoms in total. The summed E-state index contributed by atoms with van der Waals surface area (Å²) in [6, 6.07) is 0. The Morgan fingerprint density at radius 3 is 2.44 bits per heavy atom. The number of hydrogen-bond acceptors (Lipinski definition) is 5. The molecule has 54 valence electrons.